The summed E-state index contributed by atoms with van der Waals surface area (Å²) in [7, 11) is 0. The topological polar surface area (TPSA) is 3.24 Å². The van der Waals surface area contributed by atoms with E-state index in [1.165, 1.54) is 88.0 Å². The average molecular weight is 972 g/mol. The normalized spacial score (nSPS) is 23.2. The zero-order valence-corrected chi connectivity index (χ0v) is 49.1. The zero-order chi connectivity index (χ0) is 51.7. The molecule has 6 aliphatic rings. The molecule has 12 rings (SSSR count). The number of aryl methyl sites for hydroxylation is 1. The number of nitrogens with zero attached hydrogens (tertiary/aromatic N) is 1. The highest BCUT2D eigenvalue weighted by Gasteiger charge is 2.50. The largest absolute Gasteiger partial charge is 0.311 e. The van der Waals surface area contributed by atoms with Gasteiger partial charge in [0.1, 0.15) is 0 Å². The number of rotatable bonds is 1. The Bertz CT molecular complexity index is 3340. The van der Waals surface area contributed by atoms with Gasteiger partial charge in [-0.1, -0.05) is 162 Å². The third-order valence-corrected chi connectivity index (χ3v) is 22.0. The number of hydrogen-bond donors (Lipinski definition) is 0. The van der Waals surface area contributed by atoms with Crippen LogP contribution in [0.3, 0.4) is 0 Å². The summed E-state index contributed by atoms with van der Waals surface area (Å²) < 4.78 is 3.13. The van der Waals surface area contributed by atoms with Crippen LogP contribution >= 0.6 is 11.3 Å². The summed E-state index contributed by atoms with van der Waals surface area (Å²) in [5.74, 6) is 0.648. The van der Waals surface area contributed by atoms with Gasteiger partial charge in [0, 0.05) is 27.1 Å². The minimum atomic E-state index is -0.0342. The summed E-state index contributed by atoms with van der Waals surface area (Å²) in [5.41, 5.74) is 29.5. The Morgan fingerprint density at radius 3 is 1.69 bits per heavy atom. The van der Waals surface area contributed by atoms with Gasteiger partial charge in [-0.3, -0.25) is 0 Å². The number of thiophene rings is 1. The molecule has 0 saturated heterocycles. The Morgan fingerprint density at radius 2 is 1.10 bits per heavy atom. The molecule has 0 fully saturated rings. The fourth-order valence-corrected chi connectivity index (χ4v) is 17.0. The standard InChI is InChI=1S/C69H86BNS/c1-38-29-46-49(67(15,16)26-23-64(46,9)10)36-53(38)71-52-22-21-41(62(3,4)5)32-51(52)70-60-40(30-42(33-54(60)71)63(6,7)8)31-44-39(2)43-34-47-48(66(13,14)25-24-65(47,11)12)35-45(43)56-58-55(72-61(70)57(44)58)37-50-59(56)69(19,20)28-27-68(50,17)18/h21-22,29-30,32-37,39,44H,23-28,31H2,1-20H3/t39-,44?/m1/s1. The van der Waals surface area contributed by atoms with Crippen molar-refractivity contribution in [3.05, 3.63) is 127 Å². The van der Waals surface area contributed by atoms with Crippen LogP contribution in [0.25, 0.3) is 21.2 Å². The van der Waals surface area contributed by atoms with Crippen LogP contribution in [0.1, 0.15) is 249 Å². The molecule has 5 aromatic carbocycles. The molecule has 0 amide bonds. The van der Waals surface area contributed by atoms with Crippen LogP contribution in [0.4, 0.5) is 17.1 Å². The van der Waals surface area contributed by atoms with Gasteiger partial charge in [0.2, 0.25) is 0 Å². The van der Waals surface area contributed by atoms with Crippen molar-refractivity contribution in [3.63, 3.8) is 0 Å². The molecule has 0 N–H and O–H groups in total. The quantitative estimate of drug-likeness (QED) is 0.148. The molecule has 2 aliphatic heterocycles. The summed E-state index contributed by atoms with van der Waals surface area (Å²) in [6.45, 7) is 50.2. The van der Waals surface area contributed by atoms with E-state index in [1.54, 1.807) is 71.3 Å². The molecule has 6 aromatic rings. The van der Waals surface area contributed by atoms with Crippen LogP contribution in [0, 0.1) is 6.92 Å². The van der Waals surface area contributed by atoms with Gasteiger partial charge in [0.05, 0.1) is 0 Å². The summed E-state index contributed by atoms with van der Waals surface area (Å²) in [6.07, 6.45) is 8.33. The van der Waals surface area contributed by atoms with Gasteiger partial charge >= 0.3 is 0 Å². The average Bonchev–Trinajstić information content (AvgIpc) is 3.54. The van der Waals surface area contributed by atoms with Gasteiger partial charge in [0.15, 0.2) is 0 Å². The van der Waals surface area contributed by atoms with E-state index < -0.39 is 0 Å². The van der Waals surface area contributed by atoms with Gasteiger partial charge < -0.3 is 4.90 Å². The molecule has 2 atom stereocenters. The molecular formula is C69H86BNS. The molecule has 1 aromatic heterocycles. The van der Waals surface area contributed by atoms with E-state index in [0.29, 0.717) is 11.8 Å². The first-order valence-corrected chi connectivity index (χ1v) is 29.2. The van der Waals surface area contributed by atoms with Crippen molar-refractivity contribution in [2.24, 2.45) is 0 Å². The molecule has 0 saturated carbocycles. The maximum Gasteiger partial charge on any atom is 0.259 e. The van der Waals surface area contributed by atoms with Crippen LogP contribution in [0.5, 0.6) is 0 Å². The summed E-state index contributed by atoms with van der Waals surface area (Å²) in [6, 6.07) is 26.7. The second-order valence-corrected chi connectivity index (χ2v) is 31.7. The SMILES string of the molecule is Cc1cc2c(cc1N1c3ccc(C(C)(C)C)cc3B3c4sc5cc6c(c7c5c4C(Cc4cc(C(C)(C)C)cc1c43)[C@H](C)c1cc3c(cc1-7)C(C)(C)CCC3(C)C)C(C)(C)CCC6(C)C)C(C)(C)CCC2(C)C. The lowest BCUT2D eigenvalue weighted by Crippen LogP contribution is -2.58. The van der Waals surface area contributed by atoms with E-state index in [-0.39, 0.29) is 50.0 Å². The number of anilines is 3. The summed E-state index contributed by atoms with van der Waals surface area (Å²) >= 11 is 2.18. The van der Waals surface area contributed by atoms with Gasteiger partial charge in [-0.25, -0.2) is 0 Å². The predicted octanol–water partition coefficient (Wildman–Crippen LogP) is 17.6. The Kier molecular flexibility index (Phi) is 10.1. The predicted molar refractivity (Wildman–Crippen MR) is 316 cm³/mol. The Labute approximate surface area is 440 Å². The van der Waals surface area contributed by atoms with Crippen molar-refractivity contribution >= 4 is 60.9 Å². The molecule has 376 valence electrons. The smallest absolute Gasteiger partial charge is 0.259 e. The molecule has 1 nitrogen and oxygen atoms in total. The molecule has 0 radical (unpaired) electrons. The van der Waals surface area contributed by atoms with Crippen LogP contribution in [-0.4, -0.2) is 6.71 Å². The molecule has 72 heavy (non-hydrogen) atoms. The second-order valence-electron chi connectivity index (χ2n) is 30.6. The van der Waals surface area contributed by atoms with E-state index in [1.807, 2.05) is 0 Å². The maximum absolute atomic E-state index is 2.80. The fourth-order valence-electron chi connectivity index (χ4n) is 15.5. The maximum atomic E-state index is 2.80. The lowest BCUT2D eigenvalue weighted by Gasteiger charge is -2.45. The van der Waals surface area contributed by atoms with Crippen LogP contribution in [0.2, 0.25) is 0 Å². The van der Waals surface area contributed by atoms with Crippen molar-refractivity contribution in [2.75, 3.05) is 4.90 Å². The van der Waals surface area contributed by atoms with E-state index in [9.17, 15) is 0 Å². The summed E-state index contributed by atoms with van der Waals surface area (Å²) in [4.78, 5) is 2.78. The minimum absolute atomic E-state index is 0.00417. The lowest BCUT2D eigenvalue weighted by atomic mass is 9.36. The van der Waals surface area contributed by atoms with Crippen molar-refractivity contribution in [2.45, 2.75) is 239 Å². The number of fused-ring (bicyclic) bond motifs is 9. The third-order valence-electron chi connectivity index (χ3n) is 20.8. The van der Waals surface area contributed by atoms with Crippen LogP contribution in [0.15, 0.2) is 60.7 Å². The summed E-state index contributed by atoms with van der Waals surface area (Å²) in [5, 5.41) is 1.60. The van der Waals surface area contributed by atoms with E-state index >= 15 is 0 Å². The molecule has 0 spiro atoms. The van der Waals surface area contributed by atoms with Gasteiger partial charge in [-0.05, 0) is 231 Å². The first-order chi connectivity index (χ1) is 33.2. The van der Waals surface area contributed by atoms with E-state index in [0.717, 1.165) is 6.42 Å². The monoisotopic (exact) mass is 972 g/mol. The molecule has 0 bridgehead atoms. The van der Waals surface area contributed by atoms with E-state index in [4.69, 9.17) is 0 Å². The Balaban J connectivity index is 1.24. The van der Waals surface area contributed by atoms with Gasteiger partial charge in [-0.15, -0.1) is 11.3 Å². The molecule has 3 heterocycles. The fraction of sp³-hybridized carbons (Fsp3) is 0.536. The van der Waals surface area contributed by atoms with Crippen LogP contribution in [-0.2, 0) is 49.7 Å². The lowest BCUT2D eigenvalue weighted by molar-refractivity contribution is 0.331. The molecule has 1 unspecified atom stereocenters. The van der Waals surface area contributed by atoms with Crippen molar-refractivity contribution in [1.29, 1.82) is 0 Å². The first-order valence-electron chi connectivity index (χ1n) is 28.3. The number of hydrogen-bond acceptors (Lipinski definition) is 2. The first kappa shape index (κ1) is 48.8. The third kappa shape index (κ3) is 6.82. The second kappa shape index (κ2) is 14.9. The van der Waals surface area contributed by atoms with Crippen molar-refractivity contribution in [3.8, 4) is 11.1 Å². The van der Waals surface area contributed by atoms with Crippen molar-refractivity contribution in [1.82, 2.24) is 0 Å². The highest BCUT2D eigenvalue weighted by atomic mass is 32.1. The highest BCUT2D eigenvalue weighted by molar-refractivity contribution is 7.32. The Hall–Kier alpha value is -4.08. The van der Waals surface area contributed by atoms with Crippen LogP contribution < -0.4 is 20.6 Å². The molecule has 4 aliphatic carbocycles. The number of benzene rings is 5. The molecule has 3 heteroatoms. The minimum Gasteiger partial charge on any atom is -0.311 e. The molecular weight excluding hydrogens is 886 g/mol. The zero-order valence-electron chi connectivity index (χ0n) is 48.3. The van der Waals surface area contributed by atoms with Crippen molar-refractivity contribution < 1.29 is 0 Å². The highest BCUT2D eigenvalue weighted by Crippen LogP contribution is 2.60. The van der Waals surface area contributed by atoms with E-state index in [2.05, 4.69) is 215 Å². The van der Waals surface area contributed by atoms with Gasteiger partial charge in [0.25, 0.3) is 6.71 Å². The Morgan fingerprint density at radius 1 is 0.556 bits per heavy atom. The van der Waals surface area contributed by atoms with Gasteiger partial charge in [-0.2, -0.15) is 0 Å².